The second-order valence-electron chi connectivity index (χ2n) is 4.64. The van der Waals surface area contributed by atoms with E-state index in [0.29, 0.717) is 5.92 Å². The van der Waals surface area contributed by atoms with Crippen molar-refractivity contribution in [2.24, 2.45) is 5.92 Å². The van der Waals surface area contributed by atoms with Crippen LogP contribution in [0.3, 0.4) is 0 Å². The highest BCUT2D eigenvalue weighted by molar-refractivity contribution is 7.99. The Bertz CT molecular complexity index is 339. The number of benzene rings is 1. The molecule has 0 aliphatic carbocycles. The largest absolute Gasteiger partial charge is 0.312 e. The molecule has 1 aromatic carbocycles. The zero-order chi connectivity index (χ0) is 12.7. The quantitative estimate of drug-likeness (QED) is 0.728. The molecule has 1 N–H and O–H groups in total. The van der Waals surface area contributed by atoms with Crippen molar-refractivity contribution in [1.29, 1.82) is 0 Å². The summed E-state index contributed by atoms with van der Waals surface area (Å²) >= 11 is 8.09. The highest BCUT2D eigenvalue weighted by atomic mass is 35.5. The Morgan fingerprint density at radius 3 is 2.71 bits per heavy atom. The molecule has 3 heteroatoms. The molecule has 1 rings (SSSR count). The number of thioether (sulfide) groups is 1. The van der Waals surface area contributed by atoms with Crippen LogP contribution in [-0.4, -0.2) is 12.3 Å². The maximum Gasteiger partial charge on any atom is 0.0545 e. The molecule has 0 amide bonds. The van der Waals surface area contributed by atoms with E-state index in [4.69, 9.17) is 11.6 Å². The van der Waals surface area contributed by atoms with Crippen LogP contribution >= 0.6 is 23.4 Å². The second-order valence-corrected chi connectivity index (χ2v) is 6.18. The predicted octanol–water partition coefficient (Wildman–Crippen LogP) is 4.59. The number of nitrogens with one attached hydrogen (secondary N) is 1. The third kappa shape index (κ3) is 5.80. The van der Waals surface area contributed by atoms with Crippen molar-refractivity contribution < 1.29 is 0 Å². The molecule has 0 atom stereocenters. The van der Waals surface area contributed by atoms with Crippen LogP contribution in [0.5, 0.6) is 0 Å². The molecule has 0 spiro atoms. The summed E-state index contributed by atoms with van der Waals surface area (Å²) < 4.78 is 0. The minimum Gasteiger partial charge on any atom is -0.312 e. The summed E-state index contributed by atoms with van der Waals surface area (Å²) in [7, 11) is 0. The summed E-state index contributed by atoms with van der Waals surface area (Å²) in [4.78, 5) is 1.20. The van der Waals surface area contributed by atoms with Crippen molar-refractivity contribution in [2.75, 3.05) is 12.3 Å². The lowest BCUT2D eigenvalue weighted by Gasteiger charge is -2.09. The average Bonchev–Trinajstić information content (AvgIpc) is 2.27. The molecular weight excluding hydrogens is 250 g/mol. The van der Waals surface area contributed by atoms with E-state index in [9.17, 15) is 0 Å². The van der Waals surface area contributed by atoms with Crippen LogP contribution in [0.2, 0.25) is 5.02 Å². The number of hydrogen-bond donors (Lipinski definition) is 1. The number of hydrogen-bond acceptors (Lipinski definition) is 2. The molecule has 0 unspecified atom stereocenters. The van der Waals surface area contributed by atoms with Crippen LogP contribution in [0.25, 0.3) is 0 Å². The van der Waals surface area contributed by atoms with E-state index in [1.807, 2.05) is 11.8 Å². The van der Waals surface area contributed by atoms with Crippen molar-refractivity contribution >= 4 is 23.4 Å². The molecule has 0 saturated carbocycles. The molecule has 0 radical (unpaired) electrons. The summed E-state index contributed by atoms with van der Waals surface area (Å²) in [6.07, 6.45) is 1.18. The Morgan fingerprint density at radius 1 is 1.35 bits per heavy atom. The van der Waals surface area contributed by atoms with Crippen molar-refractivity contribution in [3.05, 3.63) is 28.8 Å². The Kier molecular flexibility index (Phi) is 7.02. The summed E-state index contributed by atoms with van der Waals surface area (Å²) in [6.45, 7) is 8.56. The monoisotopic (exact) mass is 271 g/mol. The van der Waals surface area contributed by atoms with Gasteiger partial charge in [-0.1, -0.05) is 38.4 Å². The van der Waals surface area contributed by atoms with Crippen LogP contribution in [0, 0.1) is 5.92 Å². The molecule has 0 fully saturated rings. The van der Waals surface area contributed by atoms with Gasteiger partial charge in [0.05, 0.1) is 5.02 Å². The van der Waals surface area contributed by atoms with Gasteiger partial charge in [-0.3, -0.25) is 0 Å². The maximum atomic E-state index is 6.26. The van der Waals surface area contributed by atoms with Gasteiger partial charge in [-0.15, -0.1) is 11.8 Å². The Balaban J connectivity index is 2.50. The van der Waals surface area contributed by atoms with Crippen LogP contribution in [0.1, 0.15) is 32.8 Å². The van der Waals surface area contributed by atoms with Gasteiger partial charge in [-0.05, 0) is 42.3 Å². The second kappa shape index (κ2) is 8.02. The first-order chi connectivity index (χ1) is 8.13. The smallest absolute Gasteiger partial charge is 0.0545 e. The molecule has 17 heavy (non-hydrogen) atoms. The molecule has 0 heterocycles. The number of halogens is 1. The van der Waals surface area contributed by atoms with E-state index in [2.05, 4.69) is 44.3 Å². The Morgan fingerprint density at radius 2 is 2.12 bits per heavy atom. The standard InChI is InChI=1S/C14H22ClNS/c1-4-7-17-14-6-5-12(8-13(14)15)10-16-9-11(2)3/h5-6,8,11,16H,4,7,9-10H2,1-3H3. The summed E-state index contributed by atoms with van der Waals surface area (Å²) in [5, 5.41) is 4.31. The molecule has 0 aliphatic heterocycles. The first kappa shape index (κ1) is 14.9. The fraction of sp³-hybridized carbons (Fsp3) is 0.571. The van der Waals surface area contributed by atoms with Crippen LogP contribution in [0.15, 0.2) is 23.1 Å². The molecule has 0 aliphatic rings. The normalized spacial score (nSPS) is 11.1. The van der Waals surface area contributed by atoms with E-state index >= 15 is 0 Å². The van der Waals surface area contributed by atoms with Crippen molar-refractivity contribution in [3.63, 3.8) is 0 Å². The molecule has 0 bridgehead atoms. The zero-order valence-electron chi connectivity index (χ0n) is 10.9. The van der Waals surface area contributed by atoms with Gasteiger partial charge in [0.25, 0.3) is 0 Å². The van der Waals surface area contributed by atoms with Crippen molar-refractivity contribution in [2.45, 2.75) is 38.6 Å². The summed E-state index contributed by atoms with van der Waals surface area (Å²) in [5.74, 6) is 1.81. The summed E-state index contributed by atoms with van der Waals surface area (Å²) in [5.41, 5.74) is 1.26. The van der Waals surface area contributed by atoms with Gasteiger partial charge in [0.1, 0.15) is 0 Å². The van der Waals surface area contributed by atoms with E-state index < -0.39 is 0 Å². The zero-order valence-corrected chi connectivity index (χ0v) is 12.5. The van der Waals surface area contributed by atoms with E-state index in [0.717, 1.165) is 23.9 Å². The minimum absolute atomic E-state index is 0.685. The fourth-order valence-corrected chi connectivity index (χ4v) is 2.64. The Labute approximate surface area is 114 Å². The molecule has 96 valence electrons. The van der Waals surface area contributed by atoms with E-state index in [1.165, 1.54) is 16.9 Å². The minimum atomic E-state index is 0.685. The van der Waals surface area contributed by atoms with Gasteiger partial charge in [0.15, 0.2) is 0 Å². The van der Waals surface area contributed by atoms with Crippen LogP contribution < -0.4 is 5.32 Å². The molecule has 0 aromatic heterocycles. The van der Waals surface area contributed by atoms with E-state index in [1.54, 1.807) is 0 Å². The molecule has 1 aromatic rings. The topological polar surface area (TPSA) is 12.0 Å². The Hall–Kier alpha value is -0.180. The third-order valence-electron chi connectivity index (χ3n) is 2.34. The predicted molar refractivity (Wildman–Crippen MR) is 79.0 cm³/mol. The third-order valence-corrected chi connectivity index (χ3v) is 4.04. The lowest BCUT2D eigenvalue weighted by Crippen LogP contribution is -2.18. The van der Waals surface area contributed by atoms with Gasteiger partial charge < -0.3 is 5.32 Å². The summed E-state index contributed by atoms with van der Waals surface area (Å²) in [6, 6.07) is 6.37. The van der Waals surface area contributed by atoms with Crippen LogP contribution in [-0.2, 0) is 6.54 Å². The van der Waals surface area contributed by atoms with Gasteiger partial charge in [0, 0.05) is 11.4 Å². The van der Waals surface area contributed by atoms with Gasteiger partial charge in [-0.25, -0.2) is 0 Å². The number of rotatable bonds is 7. The fourth-order valence-electron chi connectivity index (χ4n) is 1.49. The molecule has 0 saturated heterocycles. The van der Waals surface area contributed by atoms with Crippen molar-refractivity contribution in [3.8, 4) is 0 Å². The SMILES string of the molecule is CCCSc1ccc(CNCC(C)C)cc1Cl. The van der Waals surface area contributed by atoms with Crippen LogP contribution in [0.4, 0.5) is 0 Å². The van der Waals surface area contributed by atoms with Gasteiger partial charge >= 0.3 is 0 Å². The highest BCUT2D eigenvalue weighted by Crippen LogP contribution is 2.28. The maximum absolute atomic E-state index is 6.26. The van der Waals surface area contributed by atoms with Gasteiger partial charge in [0.2, 0.25) is 0 Å². The van der Waals surface area contributed by atoms with E-state index in [-0.39, 0.29) is 0 Å². The molecular formula is C14H22ClNS. The lowest BCUT2D eigenvalue weighted by molar-refractivity contribution is 0.552. The van der Waals surface area contributed by atoms with Gasteiger partial charge in [-0.2, -0.15) is 0 Å². The first-order valence-corrected chi connectivity index (χ1v) is 7.61. The average molecular weight is 272 g/mol. The highest BCUT2D eigenvalue weighted by Gasteiger charge is 2.02. The lowest BCUT2D eigenvalue weighted by atomic mass is 10.2. The molecule has 1 nitrogen and oxygen atoms in total. The van der Waals surface area contributed by atoms with Crippen molar-refractivity contribution in [1.82, 2.24) is 5.32 Å². The first-order valence-electron chi connectivity index (χ1n) is 6.25.